The minimum Gasteiger partial charge on any atom is -0.497 e. The van der Waals surface area contributed by atoms with Gasteiger partial charge >= 0.3 is 0 Å². The number of methoxy groups -OCH3 is 1. The number of furan rings is 2. The predicted octanol–water partition coefficient (Wildman–Crippen LogP) is 6.65. The lowest BCUT2D eigenvalue weighted by Gasteiger charge is -2.27. The SMILES string of the molecule is COc1cccc(CN(Cc2ccco2)Cc2ccc(C(O)(c3ccc(F)cc3)c3ccc(F)cc3)o2)c1. The van der Waals surface area contributed by atoms with Gasteiger partial charge in [0, 0.05) is 6.54 Å². The normalized spacial score (nSPS) is 11.7. The van der Waals surface area contributed by atoms with Crippen molar-refractivity contribution >= 4 is 0 Å². The standard InChI is InChI=1S/C31H27F2NO4/c1-36-27-5-2-4-22(18-27)19-34(20-28-6-3-17-37-28)21-29-15-16-30(38-29)31(35,23-7-11-25(32)12-8-23)24-9-13-26(33)14-10-24/h2-18,35H,19-21H2,1H3. The van der Waals surface area contributed by atoms with E-state index in [9.17, 15) is 13.9 Å². The molecule has 0 saturated heterocycles. The van der Waals surface area contributed by atoms with E-state index in [-0.39, 0.29) is 5.76 Å². The number of nitrogens with zero attached hydrogens (tertiary/aromatic N) is 1. The molecule has 0 bridgehead atoms. The average Bonchev–Trinajstić information content (AvgIpc) is 3.62. The van der Waals surface area contributed by atoms with Gasteiger partial charge in [0.05, 0.1) is 26.5 Å². The lowest BCUT2D eigenvalue weighted by atomic mass is 9.84. The van der Waals surface area contributed by atoms with E-state index in [0.717, 1.165) is 17.1 Å². The van der Waals surface area contributed by atoms with Crippen LogP contribution in [0.15, 0.2) is 112 Å². The van der Waals surface area contributed by atoms with Crippen LogP contribution in [0.5, 0.6) is 5.75 Å². The van der Waals surface area contributed by atoms with Gasteiger partial charge in [0.15, 0.2) is 5.60 Å². The second-order valence-electron chi connectivity index (χ2n) is 9.07. The fraction of sp³-hybridized carbons (Fsp3) is 0.161. The Kier molecular flexibility index (Phi) is 7.40. The van der Waals surface area contributed by atoms with E-state index in [2.05, 4.69) is 4.90 Å². The van der Waals surface area contributed by atoms with Crippen LogP contribution in [0, 0.1) is 11.6 Å². The lowest BCUT2D eigenvalue weighted by Crippen LogP contribution is -2.28. The number of benzene rings is 3. The van der Waals surface area contributed by atoms with Crippen LogP contribution in [-0.4, -0.2) is 17.1 Å². The molecule has 0 unspecified atom stereocenters. The molecule has 0 atom stereocenters. The molecule has 0 aliphatic carbocycles. The first-order chi connectivity index (χ1) is 18.4. The largest absolute Gasteiger partial charge is 0.497 e. The van der Waals surface area contributed by atoms with Gasteiger partial charge in [-0.2, -0.15) is 0 Å². The Morgan fingerprint density at radius 3 is 2.03 bits per heavy atom. The fourth-order valence-corrected chi connectivity index (χ4v) is 4.53. The van der Waals surface area contributed by atoms with Crippen molar-refractivity contribution in [2.24, 2.45) is 0 Å². The summed E-state index contributed by atoms with van der Waals surface area (Å²) in [6.45, 7) is 1.54. The zero-order valence-corrected chi connectivity index (χ0v) is 20.8. The summed E-state index contributed by atoms with van der Waals surface area (Å²) in [5.41, 5.74) is 0.0976. The van der Waals surface area contributed by atoms with Gasteiger partial charge in [0.25, 0.3) is 0 Å². The summed E-state index contributed by atoms with van der Waals surface area (Å²) in [6, 6.07) is 26.1. The molecule has 3 aromatic carbocycles. The predicted molar refractivity (Wildman–Crippen MR) is 138 cm³/mol. The molecule has 2 heterocycles. The number of ether oxygens (including phenoxy) is 1. The van der Waals surface area contributed by atoms with Gasteiger partial charge in [-0.1, -0.05) is 36.4 Å². The Morgan fingerprint density at radius 2 is 1.42 bits per heavy atom. The third-order valence-electron chi connectivity index (χ3n) is 6.42. The maximum absolute atomic E-state index is 13.7. The zero-order valence-electron chi connectivity index (χ0n) is 20.8. The molecule has 194 valence electrons. The summed E-state index contributed by atoms with van der Waals surface area (Å²) in [5.74, 6) is 1.56. The summed E-state index contributed by atoms with van der Waals surface area (Å²) in [7, 11) is 1.63. The highest BCUT2D eigenvalue weighted by molar-refractivity contribution is 5.44. The van der Waals surface area contributed by atoms with Crippen molar-refractivity contribution in [1.29, 1.82) is 0 Å². The summed E-state index contributed by atoms with van der Waals surface area (Å²) >= 11 is 0. The van der Waals surface area contributed by atoms with E-state index >= 15 is 0 Å². The van der Waals surface area contributed by atoms with Crippen LogP contribution in [0.1, 0.15) is 34.0 Å². The number of halogens is 2. The smallest absolute Gasteiger partial charge is 0.173 e. The Labute approximate surface area is 219 Å². The van der Waals surface area contributed by atoms with Gasteiger partial charge in [-0.05, 0) is 77.4 Å². The number of aliphatic hydroxyl groups is 1. The maximum atomic E-state index is 13.7. The third-order valence-corrected chi connectivity index (χ3v) is 6.42. The topological polar surface area (TPSA) is 59.0 Å². The molecule has 0 radical (unpaired) electrons. The molecule has 0 amide bonds. The van der Waals surface area contributed by atoms with E-state index in [1.807, 2.05) is 36.4 Å². The molecular formula is C31H27F2NO4. The second kappa shape index (κ2) is 11.0. The van der Waals surface area contributed by atoms with Gasteiger partial charge in [0.1, 0.15) is 34.7 Å². The molecule has 38 heavy (non-hydrogen) atoms. The van der Waals surface area contributed by atoms with Crippen LogP contribution in [0.2, 0.25) is 0 Å². The van der Waals surface area contributed by atoms with E-state index in [4.69, 9.17) is 13.6 Å². The molecule has 1 N–H and O–H groups in total. The summed E-state index contributed by atoms with van der Waals surface area (Å²) in [5, 5.41) is 12.0. The minimum atomic E-state index is -1.75. The molecule has 5 aromatic rings. The van der Waals surface area contributed by atoms with Crippen LogP contribution < -0.4 is 4.74 Å². The van der Waals surface area contributed by atoms with E-state index < -0.39 is 17.2 Å². The van der Waals surface area contributed by atoms with Crippen molar-refractivity contribution in [2.75, 3.05) is 7.11 Å². The van der Waals surface area contributed by atoms with Gasteiger partial charge in [0.2, 0.25) is 0 Å². The Bertz CT molecular complexity index is 1420. The van der Waals surface area contributed by atoms with E-state index in [0.29, 0.717) is 36.5 Å². The van der Waals surface area contributed by atoms with Crippen molar-refractivity contribution in [3.05, 3.63) is 149 Å². The van der Waals surface area contributed by atoms with Crippen molar-refractivity contribution in [3.63, 3.8) is 0 Å². The number of rotatable bonds is 10. The molecule has 0 spiro atoms. The first-order valence-electron chi connectivity index (χ1n) is 12.2. The number of hydrogen-bond donors (Lipinski definition) is 1. The van der Waals surface area contributed by atoms with Crippen molar-refractivity contribution < 1.29 is 27.5 Å². The van der Waals surface area contributed by atoms with Crippen LogP contribution in [-0.2, 0) is 25.2 Å². The summed E-state index contributed by atoms with van der Waals surface area (Å²) in [6.07, 6.45) is 1.63. The molecule has 0 aliphatic heterocycles. The highest BCUT2D eigenvalue weighted by Crippen LogP contribution is 2.38. The monoisotopic (exact) mass is 515 g/mol. The highest BCUT2D eigenvalue weighted by atomic mass is 19.1. The lowest BCUT2D eigenvalue weighted by molar-refractivity contribution is 0.0946. The van der Waals surface area contributed by atoms with Crippen molar-refractivity contribution in [3.8, 4) is 5.75 Å². The highest BCUT2D eigenvalue weighted by Gasteiger charge is 2.37. The van der Waals surface area contributed by atoms with Crippen LogP contribution >= 0.6 is 0 Å². The Hall–Kier alpha value is -4.20. The first kappa shape index (κ1) is 25.4. The minimum absolute atomic E-state index is 0.241. The molecule has 0 aliphatic rings. The number of hydrogen-bond acceptors (Lipinski definition) is 5. The average molecular weight is 516 g/mol. The van der Waals surface area contributed by atoms with Crippen molar-refractivity contribution in [1.82, 2.24) is 4.90 Å². The van der Waals surface area contributed by atoms with Crippen LogP contribution in [0.3, 0.4) is 0 Å². The maximum Gasteiger partial charge on any atom is 0.173 e. The van der Waals surface area contributed by atoms with Gasteiger partial charge in [-0.25, -0.2) is 8.78 Å². The van der Waals surface area contributed by atoms with Crippen molar-refractivity contribution in [2.45, 2.75) is 25.2 Å². The summed E-state index contributed by atoms with van der Waals surface area (Å²) < 4.78 is 44.5. The summed E-state index contributed by atoms with van der Waals surface area (Å²) in [4.78, 5) is 2.14. The third kappa shape index (κ3) is 5.54. The molecular weight excluding hydrogens is 488 g/mol. The fourth-order valence-electron chi connectivity index (χ4n) is 4.53. The van der Waals surface area contributed by atoms with Crippen LogP contribution in [0.4, 0.5) is 8.78 Å². The van der Waals surface area contributed by atoms with E-state index in [1.165, 1.54) is 48.5 Å². The molecule has 0 fully saturated rings. The van der Waals surface area contributed by atoms with Gasteiger partial charge in [-0.15, -0.1) is 0 Å². The van der Waals surface area contributed by atoms with E-state index in [1.54, 1.807) is 25.5 Å². The molecule has 2 aromatic heterocycles. The van der Waals surface area contributed by atoms with Gasteiger partial charge in [-0.3, -0.25) is 4.90 Å². The second-order valence-corrected chi connectivity index (χ2v) is 9.07. The molecule has 5 nitrogen and oxygen atoms in total. The molecule has 0 saturated carbocycles. The Balaban J connectivity index is 1.47. The van der Waals surface area contributed by atoms with Gasteiger partial charge < -0.3 is 18.7 Å². The van der Waals surface area contributed by atoms with Crippen LogP contribution in [0.25, 0.3) is 0 Å². The Morgan fingerprint density at radius 1 is 0.763 bits per heavy atom. The quantitative estimate of drug-likeness (QED) is 0.226. The molecule has 5 rings (SSSR count). The molecule has 7 heteroatoms. The first-order valence-corrected chi connectivity index (χ1v) is 12.2. The zero-order chi connectivity index (χ0) is 26.5.